The van der Waals surface area contributed by atoms with Crippen LogP contribution >= 0.6 is 39.3 Å². The highest BCUT2D eigenvalue weighted by molar-refractivity contribution is 9.09. The van der Waals surface area contributed by atoms with Gasteiger partial charge in [-0.2, -0.15) is 0 Å². The van der Waals surface area contributed by atoms with Crippen LogP contribution in [0.15, 0.2) is 79.9 Å². The third-order valence-electron chi connectivity index (χ3n) is 8.44. The Balaban J connectivity index is 1.62. The summed E-state index contributed by atoms with van der Waals surface area (Å²) in [6.45, 7) is 7.58. The van der Waals surface area contributed by atoms with Gasteiger partial charge in [0.1, 0.15) is 6.04 Å². The first-order valence-corrected chi connectivity index (χ1v) is 16.2. The van der Waals surface area contributed by atoms with Gasteiger partial charge >= 0.3 is 5.97 Å². The molecule has 2 amide bonds. The molecular formula is C32H34BrClN2O5S. The molecule has 2 aromatic rings. The second-order valence-corrected chi connectivity index (χ2v) is 13.9. The van der Waals surface area contributed by atoms with Gasteiger partial charge in [-0.3, -0.25) is 14.4 Å². The van der Waals surface area contributed by atoms with E-state index in [1.807, 2.05) is 30.3 Å². The van der Waals surface area contributed by atoms with Crippen molar-refractivity contribution in [2.24, 2.45) is 11.8 Å². The maximum atomic E-state index is 14.8. The van der Waals surface area contributed by atoms with Gasteiger partial charge in [0.05, 0.1) is 46.5 Å². The number of aliphatic hydroxyl groups is 1. The number of allylic oxidation sites excluding steroid dienone is 1. The lowest BCUT2D eigenvalue weighted by Crippen LogP contribution is -2.56. The highest BCUT2D eigenvalue weighted by Gasteiger charge is 2.76. The number of fused-ring (bicyclic) bond motifs is 1. The van der Waals surface area contributed by atoms with E-state index >= 15 is 0 Å². The Kier molecular flexibility index (Phi) is 9.52. The number of ether oxygens (including phenoxy) is 1. The molecule has 10 heteroatoms. The third-order valence-corrected chi connectivity index (χ3v) is 12.0. The number of alkyl halides is 1. The SMILES string of the molecule is C=CCCCOC(=O)[C@H]1[C@@H]2SC3(CC2Br)C(C(=O)N(CC=C)c2ccccc2Cl)N([C@H](CO)c2ccccc2)C(=O)[C@H]13. The molecule has 7 atom stereocenters. The molecule has 2 bridgehead atoms. The van der Waals surface area contributed by atoms with Crippen molar-refractivity contribution in [1.82, 2.24) is 4.90 Å². The minimum Gasteiger partial charge on any atom is -0.465 e. The van der Waals surface area contributed by atoms with Gasteiger partial charge in [0, 0.05) is 16.6 Å². The topological polar surface area (TPSA) is 87.2 Å². The minimum absolute atomic E-state index is 0.106. The highest BCUT2D eigenvalue weighted by Crippen LogP contribution is 2.68. The lowest BCUT2D eigenvalue weighted by atomic mass is 9.71. The molecule has 42 heavy (non-hydrogen) atoms. The van der Waals surface area contributed by atoms with Crippen LogP contribution in [0.1, 0.15) is 30.9 Å². The molecule has 0 radical (unpaired) electrons. The second kappa shape index (κ2) is 13.0. The third kappa shape index (κ3) is 5.23. The molecule has 3 fully saturated rings. The van der Waals surface area contributed by atoms with E-state index in [1.165, 1.54) is 16.7 Å². The van der Waals surface area contributed by atoms with Gasteiger partial charge in [-0.1, -0.05) is 82.1 Å². The number of para-hydroxylation sites is 1. The predicted molar refractivity (Wildman–Crippen MR) is 170 cm³/mol. The number of hydrogen-bond acceptors (Lipinski definition) is 6. The number of rotatable bonds is 12. The van der Waals surface area contributed by atoms with E-state index in [1.54, 1.807) is 41.3 Å². The average Bonchev–Trinajstić information content (AvgIpc) is 3.59. The Bertz CT molecular complexity index is 1360. The average molecular weight is 674 g/mol. The summed E-state index contributed by atoms with van der Waals surface area (Å²) in [5, 5.41) is 10.9. The van der Waals surface area contributed by atoms with E-state index in [-0.39, 0.29) is 35.0 Å². The molecule has 3 heterocycles. The highest BCUT2D eigenvalue weighted by atomic mass is 79.9. The summed E-state index contributed by atoms with van der Waals surface area (Å²) in [5.74, 6) is -2.59. The Morgan fingerprint density at radius 3 is 2.57 bits per heavy atom. The lowest BCUT2D eigenvalue weighted by Gasteiger charge is -2.40. The van der Waals surface area contributed by atoms with Crippen molar-refractivity contribution in [2.45, 2.75) is 46.2 Å². The number of halogens is 2. The minimum atomic E-state index is -0.975. The number of likely N-dealkylation sites (tertiary alicyclic amines) is 1. The van der Waals surface area contributed by atoms with Crippen LogP contribution in [0.4, 0.5) is 5.69 Å². The molecule has 5 rings (SSSR count). The first kappa shape index (κ1) is 30.9. The van der Waals surface area contributed by atoms with Gasteiger partial charge < -0.3 is 19.6 Å². The Morgan fingerprint density at radius 1 is 1.19 bits per heavy atom. The van der Waals surface area contributed by atoms with E-state index in [4.69, 9.17) is 16.3 Å². The number of thioether (sulfide) groups is 1. The van der Waals surface area contributed by atoms with E-state index in [2.05, 4.69) is 29.1 Å². The largest absolute Gasteiger partial charge is 0.465 e. The van der Waals surface area contributed by atoms with Crippen molar-refractivity contribution >= 4 is 62.8 Å². The Hall–Kier alpha value is -2.59. The number of hydrogen-bond donors (Lipinski definition) is 1. The number of unbranched alkanes of at least 4 members (excludes halogenated alkanes) is 1. The second-order valence-electron chi connectivity index (χ2n) is 10.8. The van der Waals surface area contributed by atoms with Gasteiger partial charge in [0.15, 0.2) is 0 Å². The molecule has 0 saturated carbocycles. The van der Waals surface area contributed by atoms with Crippen molar-refractivity contribution in [3.05, 3.63) is 90.5 Å². The number of benzene rings is 2. The first-order chi connectivity index (χ1) is 20.3. The van der Waals surface area contributed by atoms with Crippen LogP contribution in [-0.2, 0) is 19.1 Å². The molecule has 0 aliphatic carbocycles. The summed E-state index contributed by atoms with van der Waals surface area (Å²) in [7, 11) is 0. The molecule has 222 valence electrons. The quantitative estimate of drug-likeness (QED) is 0.137. The lowest BCUT2D eigenvalue weighted by molar-refractivity contribution is -0.154. The monoisotopic (exact) mass is 672 g/mol. The fourth-order valence-corrected chi connectivity index (χ4v) is 10.6. The smallest absolute Gasteiger partial charge is 0.310 e. The molecule has 3 unspecified atom stereocenters. The van der Waals surface area contributed by atoms with Crippen LogP contribution < -0.4 is 4.90 Å². The number of esters is 1. The molecule has 1 spiro atoms. The molecule has 7 nitrogen and oxygen atoms in total. The van der Waals surface area contributed by atoms with Crippen LogP contribution in [0.25, 0.3) is 0 Å². The molecule has 3 aliphatic heterocycles. The summed E-state index contributed by atoms with van der Waals surface area (Å²) < 4.78 is 4.77. The van der Waals surface area contributed by atoms with Crippen LogP contribution in [0.2, 0.25) is 5.02 Å². The van der Waals surface area contributed by atoms with Crippen LogP contribution in [-0.4, -0.2) is 68.4 Å². The molecular weight excluding hydrogens is 640 g/mol. The van der Waals surface area contributed by atoms with Gasteiger partial charge in [0.2, 0.25) is 5.91 Å². The van der Waals surface area contributed by atoms with Crippen molar-refractivity contribution in [1.29, 1.82) is 0 Å². The number of anilines is 1. The number of aliphatic hydroxyl groups excluding tert-OH is 1. The van der Waals surface area contributed by atoms with E-state index in [0.717, 1.165) is 0 Å². The zero-order valence-corrected chi connectivity index (χ0v) is 26.3. The summed E-state index contributed by atoms with van der Waals surface area (Å²) >= 11 is 11.9. The number of amides is 2. The van der Waals surface area contributed by atoms with Gasteiger partial charge in [-0.05, 0) is 37.0 Å². The molecule has 1 N–H and O–H groups in total. The van der Waals surface area contributed by atoms with Crippen molar-refractivity contribution in [3.63, 3.8) is 0 Å². The fourth-order valence-electron chi connectivity index (χ4n) is 6.73. The fraction of sp³-hybridized carbons (Fsp3) is 0.406. The number of carbonyl (C=O) groups is 3. The Labute approximate surface area is 264 Å². The van der Waals surface area contributed by atoms with Gasteiger partial charge in [-0.25, -0.2) is 0 Å². The number of carbonyl (C=O) groups excluding carboxylic acids is 3. The summed E-state index contributed by atoms with van der Waals surface area (Å²) in [6.07, 6.45) is 5.25. The maximum absolute atomic E-state index is 14.8. The van der Waals surface area contributed by atoms with Crippen LogP contribution in [0.3, 0.4) is 0 Å². The first-order valence-electron chi connectivity index (χ1n) is 14.0. The van der Waals surface area contributed by atoms with Crippen LogP contribution in [0, 0.1) is 11.8 Å². The molecule has 0 aromatic heterocycles. The van der Waals surface area contributed by atoms with Crippen molar-refractivity contribution in [3.8, 4) is 0 Å². The summed E-state index contributed by atoms with van der Waals surface area (Å²) in [6, 6.07) is 14.5. The van der Waals surface area contributed by atoms with E-state index < -0.39 is 41.2 Å². The maximum Gasteiger partial charge on any atom is 0.310 e. The normalized spacial score (nSPS) is 28.3. The summed E-state index contributed by atoms with van der Waals surface area (Å²) in [4.78, 5) is 46.0. The zero-order valence-electron chi connectivity index (χ0n) is 23.1. The molecule has 3 aliphatic rings. The van der Waals surface area contributed by atoms with Gasteiger partial charge in [0.25, 0.3) is 5.91 Å². The zero-order chi connectivity index (χ0) is 30.0. The number of nitrogens with zero attached hydrogens (tertiary/aromatic N) is 2. The van der Waals surface area contributed by atoms with E-state index in [0.29, 0.717) is 35.5 Å². The van der Waals surface area contributed by atoms with Gasteiger partial charge in [-0.15, -0.1) is 24.9 Å². The summed E-state index contributed by atoms with van der Waals surface area (Å²) in [5.41, 5.74) is 1.21. The molecule has 2 aromatic carbocycles. The predicted octanol–water partition coefficient (Wildman–Crippen LogP) is 5.57. The van der Waals surface area contributed by atoms with Crippen molar-refractivity contribution in [2.75, 3.05) is 24.7 Å². The van der Waals surface area contributed by atoms with Crippen LogP contribution in [0.5, 0.6) is 0 Å². The Morgan fingerprint density at radius 2 is 1.90 bits per heavy atom. The van der Waals surface area contributed by atoms with E-state index in [9.17, 15) is 19.5 Å². The standard InChI is InChI=1S/C32H34BrClN2O5S/c1-3-5-11-17-41-31(40)25-26-29(38)36(24(19-37)20-12-7-6-8-13-20)28(32(26)18-21(33)27(25)42-32)30(39)35(16-4-2)23-15-10-9-14-22(23)34/h3-4,6-10,12-15,21,24-28,37H,1-2,5,11,16-19H2/t21?,24-,25-,26+,27-,28?,32?/m1/s1. The van der Waals surface area contributed by atoms with Crippen molar-refractivity contribution < 1.29 is 24.2 Å². The molecule has 3 saturated heterocycles.